The summed E-state index contributed by atoms with van der Waals surface area (Å²) in [6, 6.07) is 13.1. The average Bonchev–Trinajstić information content (AvgIpc) is 2.34. The summed E-state index contributed by atoms with van der Waals surface area (Å²) in [5.74, 6) is 0.639. The lowest BCUT2D eigenvalue weighted by atomic mass is 10.2. The summed E-state index contributed by atoms with van der Waals surface area (Å²) >= 11 is 0. The van der Waals surface area contributed by atoms with Gasteiger partial charge in [-0.1, -0.05) is 12.1 Å². The molecule has 0 amide bonds. The maximum Gasteiger partial charge on any atom is 0.133 e. The predicted octanol–water partition coefficient (Wildman–Crippen LogP) is 3.80. The third-order valence-corrected chi connectivity index (χ3v) is 2.34. The summed E-state index contributed by atoms with van der Waals surface area (Å²) < 4.78 is 18.6. The van der Waals surface area contributed by atoms with Gasteiger partial charge in [-0.05, 0) is 36.8 Å². The molecule has 2 rings (SSSR count). The first kappa shape index (κ1) is 11.2. The maximum atomic E-state index is 13.1. The van der Waals surface area contributed by atoms with Gasteiger partial charge in [0.2, 0.25) is 0 Å². The minimum absolute atomic E-state index is 0.345. The second kappa shape index (κ2) is 4.67. The van der Waals surface area contributed by atoms with Gasteiger partial charge in [0.15, 0.2) is 0 Å². The fourth-order valence-electron chi connectivity index (χ4n) is 1.44. The predicted molar refractivity (Wildman–Crippen MR) is 62.4 cm³/mol. The van der Waals surface area contributed by atoms with Crippen molar-refractivity contribution in [3.05, 3.63) is 59.4 Å². The van der Waals surface area contributed by atoms with Crippen molar-refractivity contribution < 1.29 is 9.13 Å². The molecule has 0 radical (unpaired) electrons. The molecule has 0 aliphatic carbocycles. The Kier molecular flexibility index (Phi) is 3.06. The highest BCUT2D eigenvalue weighted by Crippen LogP contribution is 2.26. The first-order chi connectivity index (χ1) is 8.19. The van der Waals surface area contributed by atoms with Crippen LogP contribution in [0.5, 0.6) is 11.5 Å². The molecule has 0 atom stereocenters. The molecule has 0 spiro atoms. The van der Waals surface area contributed by atoms with E-state index in [0.29, 0.717) is 17.1 Å². The van der Waals surface area contributed by atoms with Crippen molar-refractivity contribution in [1.29, 1.82) is 5.26 Å². The zero-order valence-electron chi connectivity index (χ0n) is 9.27. The van der Waals surface area contributed by atoms with Gasteiger partial charge in [0.05, 0.1) is 11.6 Å². The normalized spacial score (nSPS) is 9.71. The molecule has 0 aliphatic rings. The largest absolute Gasteiger partial charge is 0.457 e. The Hall–Kier alpha value is -2.34. The number of rotatable bonds is 2. The average molecular weight is 227 g/mol. The Bertz CT molecular complexity index is 587. The molecule has 0 bridgehead atoms. The molecule has 17 heavy (non-hydrogen) atoms. The maximum absolute atomic E-state index is 13.1. The molecule has 2 aromatic rings. The van der Waals surface area contributed by atoms with Crippen LogP contribution in [0.25, 0.3) is 0 Å². The molecule has 0 fully saturated rings. The Labute approximate surface area is 98.9 Å². The molecule has 0 unspecified atom stereocenters. The molecule has 0 N–H and O–H groups in total. The second-order valence-electron chi connectivity index (χ2n) is 3.65. The van der Waals surface area contributed by atoms with Crippen molar-refractivity contribution in [3.8, 4) is 17.6 Å². The summed E-state index contributed by atoms with van der Waals surface area (Å²) in [7, 11) is 0. The lowest BCUT2D eigenvalue weighted by molar-refractivity contribution is 0.473. The first-order valence-electron chi connectivity index (χ1n) is 5.13. The number of hydrogen-bond donors (Lipinski definition) is 0. The van der Waals surface area contributed by atoms with Gasteiger partial charge in [0, 0.05) is 6.07 Å². The number of halogens is 1. The third kappa shape index (κ3) is 2.61. The topological polar surface area (TPSA) is 33.0 Å². The Morgan fingerprint density at radius 1 is 1.18 bits per heavy atom. The molecule has 0 aliphatic heterocycles. The van der Waals surface area contributed by atoms with E-state index in [1.54, 1.807) is 30.3 Å². The summed E-state index contributed by atoms with van der Waals surface area (Å²) in [4.78, 5) is 0. The zero-order valence-corrected chi connectivity index (χ0v) is 9.27. The van der Waals surface area contributed by atoms with Crippen LogP contribution in [0.4, 0.5) is 4.39 Å². The van der Waals surface area contributed by atoms with E-state index in [4.69, 9.17) is 10.00 Å². The lowest BCUT2D eigenvalue weighted by Gasteiger charge is -2.08. The van der Waals surface area contributed by atoms with E-state index in [9.17, 15) is 4.39 Å². The summed E-state index contributed by atoms with van der Waals surface area (Å²) in [6.45, 7) is 1.84. The summed E-state index contributed by atoms with van der Waals surface area (Å²) in [5.41, 5.74) is 1.35. The van der Waals surface area contributed by atoms with E-state index in [1.807, 2.05) is 13.0 Å². The standard InChI is InChI=1S/C14H10FNO/c1-10-5-6-12(15)8-14(10)17-13-4-2-3-11(7-13)9-16/h2-8H,1H3. The highest BCUT2D eigenvalue weighted by Gasteiger charge is 2.03. The Morgan fingerprint density at radius 3 is 2.76 bits per heavy atom. The molecule has 0 saturated carbocycles. The van der Waals surface area contributed by atoms with Crippen LogP contribution >= 0.6 is 0 Å². The second-order valence-corrected chi connectivity index (χ2v) is 3.65. The van der Waals surface area contributed by atoms with Crippen LogP contribution in [-0.2, 0) is 0 Å². The minimum Gasteiger partial charge on any atom is -0.457 e. The monoisotopic (exact) mass is 227 g/mol. The van der Waals surface area contributed by atoms with Crippen molar-refractivity contribution in [2.24, 2.45) is 0 Å². The van der Waals surface area contributed by atoms with Crippen LogP contribution in [0.1, 0.15) is 11.1 Å². The summed E-state index contributed by atoms with van der Waals surface area (Å²) in [5, 5.41) is 8.76. The van der Waals surface area contributed by atoms with Crippen LogP contribution < -0.4 is 4.74 Å². The summed E-state index contributed by atoms with van der Waals surface area (Å²) in [6.07, 6.45) is 0. The molecule has 0 aromatic heterocycles. The minimum atomic E-state index is -0.345. The number of aryl methyl sites for hydroxylation is 1. The van der Waals surface area contributed by atoms with Crippen molar-refractivity contribution >= 4 is 0 Å². The van der Waals surface area contributed by atoms with E-state index in [0.717, 1.165) is 5.56 Å². The van der Waals surface area contributed by atoms with Crippen molar-refractivity contribution in [2.45, 2.75) is 6.92 Å². The number of nitriles is 1. The number of nitrogens with zero attached hydrogens (tertiary/aromatic N) is 1. The highest BCUT2D eigenvalue weighted by atomic mass is 19.1. The van der Waals surface area contributed by atoms with Gasteiger partial charge >= 0.3 is 0 Å². The first-order valence-corrected chi connectivity index (χ1v) is 5.13. The fraction of sp³-hybridized carbons (Fsp3) is 0.0714. The smallest absolute Gasteiger partial charge is 0.133 e. The molecule has 2 aromatic carbocycles. The molecule has 2 nitrogen and oxygen atoms in total. The van der Waals surface area contributed by atoms with Gasteiger partial charge in [-0.2, -0.15) is 5.26 Å². The molecule has 3 heteroatoms. The fourth-order valence-corrected chi connectivity index (χ4v) is 1.44. The molecule has 0 heterocycles. The third-order valence-electron chi connectivity index (χ3n) is 2.34. The quantitative estimate of drug-likeness (QED) is 0.781. The van der Waals surface area contributed by atoms with Gasteiger partial charge in [-0.3, -0.25) is 0 Å². The van der Waals surface area contributed by atoms with Gasteiger partial charge in [0.1, 0.15) is 17.3 Å². The van der Waals surface area contributed by atoms with E-state index in [1.165, 1.54) is 12.1 Å². The number of hydrogen-bond acceptors (Lipinski definition) is 2. The zero-order chi connectivity index (χ0) is 12.3. The lowest BCUT2D eigenvalue weighted by Crippen LogP contribution is -1.89. The SMILES string of the molecule is Cc1ccc(F)cc1Oc1cccc(C#N)c1. The van der Waals surface area contributed by atoms with Crippen LogP contribution in [0.15, 0.2) is 42.5 Å². The molecular weight excluding hydrogens is 217 g/mol. The Balaban J connectivity index is 2.31. The van der Waals surface area contributed by atoms with Crippen LogP contribution in [0, 0.1) is 24.1 Å². The van der Waals surface area contributed by atoms with Crippen molar-refractivity contribution in [1.82, 2.24) is 0 Å². The molecule has 84 valence electrons. The van der Waals surface area contributed by atoms with Crippen LogP contribution in [0.3, 0.4) is 0 Å². The van der Waals surface area contributed by atoms with Gasteiger partial charge < -0.3 is 4.74 Å². The molecule has 0 saturated heterocycles. The van der Waals surface area contributed by atoms with E-state index in [2.05, 4.69) is 0 Å². The highest BCUT2D eigenvalue weighted by molar-refractivity contribution is 5.41. The number of benzene rings is 2. The van der Waals surface area contributed by atoms with Crippen LogP contribution in [-0.4, -0.2) is 0 Å². The van der Waals surface area contributed by atoms with Crippen LogP contribution in [0.2, 0.25) is 0 Å². The number of ether oxygens (including phenoxy) is 1. The Morgan fingerprint density at radius 2 is 2.00 bits per heavy atom. The van der Waals surface area contributed by atoms with Gasteiger partial charge in [-0.15, -0.1) is 0 Å². The van der Waals surface area contributed by atoms with Crippen molar-refractivity contribution in [3.63, 3.8) is 0 Å². The van der Waals surface area contributed by atoms with Gasteiger partial charge in [0.25, 0.3) is 0 Å². The van der Waals surface area contributed by atoms with Crippen molar-refractivity contribution in [2.75, 3.05) is 0 Å². The van der Waals surface area contributed by atoms with Gasteiger partial charge in [-0.25, -0.2) is 4.39 Å². The van der Waals surface area contributed by atoms with E-state index < -0.39 is 0 Å². The van der Waals surface area contributed by atoms with E-state index in [-0.39, 0.29) is 5.82 Å². The van der Waals surface area contributed by atoms with E-state index >= 15 is 0 Å². The molecular formula is C14H10FNO.